The predicted octanol–water partition coefficient (Wildman–Crippen LogP) is 3.64. The Morgan fingerprint density at radius 2 is 2.11 bits per heavy atom. The summed E-state index contributed by atoms with van der Waals surface area (Å²) in [7, 11) is 1.62. The van der Waals surface area contributed by atoms with E-state index in [9.17, 15) is 0 Å². The maximum Gasteiger partial charge on any atom is 0.299 e. The molecule has 0 N–H and O–H groups in total. The molecule has 2 aromatic rings. The first-order valence-electron chi connectivity index (χ1n) is 5.50. The average Bonchev–Trinajstić information content (AvgIpc) is 2.87. The van der Waals surface area contributed by atoms with Gasteiger partial charge in [-0.25, -0.2) is 0 Å². The minimum absolute atomic E-state index is 0.340. The van der Waals surface area contributed by atoms with Crippen LogP contribution in [0.2, 0.25) is 0 Å². The van der Waals surface area contributed by atoms with Gasteiger partial charge in [0.05, 0.1) is 13.0 Å². The molecule has 0 unspecified atom stereocenters. The smallest absolute Gasteiger partial charge is 0.299 e. The lowest BCUT2D eigenvalue weighted by molar-refractivity contribution is 0.376. The van der Waals surface area contributed by atoms with Crippen molar-refractivity contribution in [3.8, 4) is 16.7 Å². The molecule has 6 heteroatoms. The number of hydrogen-bond acceptors (Lipinski definition) is 5. The SMILES string of the molecule is CCc1ccc(Oc2nnc(CCl)s2)c(OC)c1. The number of alkyl halides is 1. The zero-order valence-corrected chi connectivity index (χ0v) is 11.7. The summed E-state index contributed by atoms with van der Waals surface area (Å²) in [5.41, 5.74) is 1.19. The van der Waals surface area contributed by atoms with Crippen LogP contribution in [0.1, 0.15) is 17.5 Å². The maximum absolute atomic E-state index is 5.67. The number of methoxy groups -OCH3 is 1. The Hall–Kier alpha value is -1.33. The quantitative estimate of drug-likeness (QED) is 0.786. The highest BCUT2D eigenvalue weighted by Crippen LogP contribution is 2.33. The van der Waals surface area contributed by atoms with Crippen LogP contribution in [0.5, 0.6) is 16.7 Å². The van der Waals surface area contributed by atoms with Gasteiger partial charge in [0.25, 0.3) is 5.19 Å². The first kappa shape index (κ1) is 13.1. The number of halogens is 1. The lowest BCUT2D eigenvalue weighted by atomic mass is 10.1. The second-order valence-corrected chi connectivity index (χ2v) is 4.83. The Balaban J connectivity index is 2.22. The minimum Gasteiger partial charge on any atom is -0.493 e. The van der Waals surface area contributed by atoms with Gasteiger partial charge in [-0.2, -0.15) is 0 Å². The van der Waals surface area contributed by atoms with Crippen LogP contribution in [0.3, 0.4) is 0 Å². The molecule has 1 heterocycles. The second-order valence-electron chi connectivity index (χ2n) is 3.54. The molecule has 4 nitrogen and oxygen atoms in total. The van der Waals surface area contributed by atoms with Crippen LogP contribution in [-0.2, 0) is 12.3 Å². The number of hydrogen-bond donors (Lipinski definition) is 0. The van der Waals surface area contributed by atoms with E-state index in [1.54, 1.807) is 7.11 Å². The summed E-state index contributed by atoms with van der Waals surface area (Å²) in [6.45, 7) is 2.09. The summed E-state index contributed by atoms with van der Waals surface area (Å²) in [4.78, 5) is 0. The number of ether oxygens (including phenoxy) is 2. The molecule has 0 spiro atoms. The monoisotopic (exact) mass is 284 g/mol. The molecule has 1 aromatic heterocycles. The molecule has 0 aliphatic carbocycles. The van der Waals surface area contributed by atoms with Crippen molar-refractivity contribution in [2.45, 2.75) is 19.2 Å². The highest BCUT2D eigenvalue weighted by Gasteiger charge is 2.10. The van der Waals surface area contributed by atoms with E-state index in [1.165, 1.54) is 16.9 Å². The zero-order chi connectivity index (χ0) is 13.0. The third-order valence-electron chi connectivity index (χ3n) is 2.40. The zero-order valence-electron chi connectivity index (χ0n) is 10.1. The molecule has 96 valence electrons. The molecule has 2 rings (SSSR count). The van der Waals surface area contributed by atoms with Gasteiger partial charge in [-0.05, 0) is 24.1 Å². The van der Waals surface area contributed by atoms with E-state index in [0.717, 1.165) is 11.4 Å². The van der Waals surface area contributed by atoms with E-state index in [1.807, 2.05) is 18.2 Å². The van der Waals surface area contributed by atoms with Gasteiger partial charge in [-0.1, -0.05) is 29.4 Å². The van der Waals surface area contributed by atoms with E-state index in [4.69, 9.17) is 21.1 Å². The molecule has 0 saturated heterocycles. The fourth-order valence-corrected chi connectivity index (χ4v) is 2.21. The van der Waals surface area contributed by atoms with Crippen molar-refractivity contribution in [3.05, 3.63) is 28.8 Å². The van der Waals surface area contributed by atoms with E-state index >= 15 is 0 Å². The molecule has 0 aliphatic heterocycles. The largest absolute Gasteiger partial charge is 0.493 e. The highest BCUT2D eigenvalue weighted by molar-refractivity contribution is 7.13. The third kappa shape index (κ3) is 2.91. The minimum atomic E-state index is 0.340. The van der Waals surface area contributed by atoms with Crippen LogP contribution in [0, 0.1) is 0 Å². The van der Waals surface area contributed by atoms with Gasteiger partial charge in [-0.3, -0.25) is 0 Å². The third-order valence-corrected chi connectivity index (χ3v) is 3.61. The van der Waals surface area contributed by atoms with Gasteiger partial charge < -0.3 is 9.47 Å². The van der Waals surface area contributed by atoms with E-state index in [0.29, 0.717) is 22.6 Å². The van der Waals surface area contributed by atoms with Crippen molar-refractivity contribution in [3.63, 3.8) is 0 Å². The maximum atomic E-state index is 5.67. The number of benzene rings is 1. The van der Waals surface area contributed by atoms with Crippen molar-refractivity contribution < 1.29 is 9.47 Å². The molecule has 0 saturated carbocycles. The molecular formula is C12H13ClN2O2S. The van der Waals surface area contributed by atoms with Gasteiger partial charge in [0.1, 0.15) is 5.01 Å². The second kappa shape index (κ2) is 6.02. The molecule has 0 bridgehead atoms. The van der Waals surface area contributed by atoms with Gasteiger partial charge >= 0.3 is 0 Å². The van der Waals surface area contributed by atoms with Crippen LogP contribution in [0.4, 0.5) is 0 Å². The van der Waals surface area contributed by atoms with E-state index in [-0.39, 0.29) is 0 Å². The lowest BCUT2D eigenvalue weighted by Gasteiger charge is -2.09. The van der Waals surface area contributed by atoms with Crippen molar-refractivity contribution in [1.82, 2.24) is 10.2 Å². The summed E-state index contributed by atoms with van der Waals surface area (Å²) >= 11 is 6.99. The molecule has 0 radical (unpaired) electrons. The summed E-state index contributed by atoms with van der Waals surface area (Å²) in [5.74, 6) is 1.66. The van der Waals surface area contributed by atoms with Crippen molar-refractivity contribution >= 4 is 22.9 Å². The Morgan fingerprint density at radius 1 is 1.28 bits per heavy atom. The van der Waals surface area contributed by atoms with Gasteiger partial charge in [0.15, 0.2) is 11.5 Å². The van der Waals surface area contributed by atoms with Crippen LogP contribution >= 0.6 is 22.9 Å². The van der Waals surface area contributed by atoms with Crippen molar-refractivity contribution in [2.75, 3.05) is 7.11 Å². The molecule has 0 aliphatic rings. The number of aromatic nitrogens is 2. The Morgan fingerprint density at radius 3 is 2.72 bits per heavy atom. The normalized spacial score (nSPS) is 10.4. The summed E-state index contributed by atoms with van der Waals surface area (Å²) in [6, 6.07) is 5.83. The topological polar surface area (TPSA) is 44.2 Å². The van der Waals surface area contributed by atoms with Crippen molar-refractivity contribution in [2.24, 2.45) is 0 Å². The Bertz CT molecular complexity index is 531. The van der Waals surface area contributed by atoms with Crippen LogP contribution in [0.15, 0.2) is 18.2 Å². The predicted molar refractivity (Wildman–Crippen MR) is 71.9 cm³/mol. The van der Waals surface area contributed by atoms with Crippen molar-refractivity contribution in [1.29, 1.82) is 0 Å². The number of nitrogens with zero attached hydrogens (tertiary/aromatic N) is 2. The summed E-state index contributed by atoms with van der Waals surface area (Å²) < 4.78 is 10.9. The van der Waals surface area contributed by atoms with E-state index in [2.05, 4.69) is 17.1 Å². The molecule has 0 amide bonds. The fraction of sp³-hybridized carbons (Fsp3) is 0.333. The average molecular weight is 285 g/mol. The van der Waals surface area contributed by atoms with E-state index < -0.39 is 0 Å². The Labute approximate surface area is 115 Å². The summed E-state index contributed by atoms with van der Waals surface area (Å²) in [6.07, 6.45) is 0.950. The first-order chi connectivity index (χ1) is 8.76. The van der Waals surface area contributed by atoms with Gasteiger partial charge in [-0.15, -0.1) is 16.7 Å². The molecule has 18 heavy (non-hydrogen) atoms. The first-order valence-corrected chi connectivity index (χ1v) is 6.85. The highest BCUT2D eigenvalue weighted by atomic mass is 35.5. The Kier molecular flexibility index (Phi) is 4.38. The van der Waals surface area contributed by atoms with Crippen LogP contribution in [-0.4, -0.2) is 17.3 Å². The van der Waals surface area contributed by atoms with Crippen LogP contribution in [0.25, 0.3) is 0 Å². The van der Waals surface area contributed by atoms with Gasteiger partial charge in [0, 0.05) is 0 Å². The van der Waals surface area contributed by atoms with Crippen LogP contribution < -0.4 is 9.47 Å². The standard InChI is InChI=1S/C12H13ClN2O2S/c1-3-8-4-5-9(10(6-8)16-2)17-12-15-14-11(7-13)18-12/h4-6H,3,7H2,1-2H3. The van der Waals surface area contributed by atoms with Gasteiger partial charge in [0.2, 0.25) is 0 Å². The lowest BCUT2D eigenvalue weighted by Crippen LogP contribution is -1.91. The fourth-order valence-electron chi connectivity index (χ4n) is 1.44. The molecule has 1 aromatic carbocycles. The molecule has 0 atom stereocenters. The number of aryl methyl sites for hydroxylation is 1. The molecule has 0 fully saturated rings. The number of rotatable bonds is 5. The molecular weight excluding hydrogens is 272 g/mol. The summed E-state index contributed by atoms with van der Waals surface area (Å²) in [5, 5.41) is 9.00.